The molecule has 0 unspecified atom stereocenters. The first-order valence-corrected chi connectivity index (χ1v) is 11.5. The number of rotatable bonds is 5. The number of likely N-dealkylation sites (N-methyl/N-ethyl adjacent to an activating group) is 1. The van der Waals surface area contributed by atoms with Gasteiger partial charge in [-0.25, -0.2) is 4.79 Å². The number of nitrogens with one attached hydrogen (secondary N) is 1. The summed E-state index contributed by atoms with van der Waals surface area (Å²) in [5, 5.41) is 3.92. The molecule has 0 radical (unpaired) electrons. The number of fused-ring (bicyclic) bond motifs is 1. The summed E-state index contributed by atoms with van der Waals surface area (Å²) < 4.78 is 11.0. The van der Waals surface area contributed by atoms with Crippen molar-refractivity contribution in [1.29, 1.82) is 0 Å². The van der Waals surface area contributed by atoms with Crippen LogP contribution in [-0.4, -0.2) is 57.9 Å². The first-order chi connectivity index (χ1) is 15.4. The fourth-order valence-electron chi connectivity index (χ4n) is 5.45. The highest BCUT2D eigenvalue weighted by Gasteiger charge is 2.50. The lowest BCUT2D eigenvalue weighted by Crippen LogP contribution is -2.53. The van der Waals surface area contributed by atoms with E-state index in [9.17, 15) is 4.79 Å². The molecular formula is C25H32ClN3O3. The third kappa shape index (κ3) is 4.14. The van der Waals surface area contributed by atoms with E-state index < -0.39 is 0 Å². The second-order valence-electron chi connectivity index (χ2n) is 8.93. The van der Waals surface area contributed by atoms with E-state index in [1.807, 2.05) is 18.2 Å². The Hall–Kier alpha value is -2.44. The van der Waals surface area contributed by atoms with Crippen molar-refractivity contribution in [3.8, 4) is 11.5 Å². The minimum absolute atomic E-state index is 0.0671. The number of ether oxygens (including phenoxy) is 2. The number of carbonyl (C=O) groups is 1. The van der Waals surface area contributed by atoms with Crippen LogP contribution in [0.1, 0.15) is 31.2 Å². The Morgan fingerprint density at radius 1 is 1.12 bits per heavy atom. The average molecular weight is 458 g/mol. The highest BCUT2D eigenvalue weighted by Crippen LogP contribution is 2.49. The molecule has 1 saturated heterocycles. The van der Waals surface area contributed by atoms with E-state index in [1.165, 1.54) is 5.56 Å². The van der Waals surface area contributed by atoms with Gasteiger partial charge >= 0.3 is 6.03 Å². The number of urea groups is 1. The molecule has 1 saturated carbocycles. The zero-order valence-electron chi connectivity index (χ0n) is 19.2. The minimum Gasteiger partial charge on any atom is -0.493 e. The van der Waals surface area contributed by atoms with Crippen LogP contribution in [0.2, 0.25) is 5.02 Å². The largest absolute Gasteiger partial charge is 0.493 e. The van der Waals surface area contributed by atoms with Gasteiger partial charge in [0.2, 0.25) is 0 Å². The number of benzene rings is 2. The Morgan fingerprint density at radius 3 is 2.53 bits per heavy atom. The molecule has 0 aromatic heterocycles. The highest BCUT2D eigenvalue weighted by atomic mass is 35.5. The summed E-state index contributed by atoms with van der Waals surface area (Å²) in [7, 11) is 7.33. The summed E-state index contributed by atoms with van der Waals surface area (Å²) in [5.41, 5.74) is 2.19. The number of nitrogens with zero attached hydrogens (tertiary/aromatic N) is 2. The fourth-order valence-corrected chi connectivity index (χ4v) is 5.57. The van der Waals surface area contributed by atoms with Gasteiger partial charge in [-0.1, -0.05) is 17.7 Å². The number of amides is 2. The first kappa shape index (κ1) is 22.7. The van der Waals surface area contributed by atoms with E-state index in [4.69, 9.17) is 21.1 Å². The summed E-state index contributed by atoms with van der Waals surface area (Å²) in [6, 6.07) is 14.0. The van der Waals surface area contributed by atoms with Gasteiger partial charge in [-0.15, -0.1) is 0 Å². The molecule has 2 aromatic carbocycles. The van der Waals surface area contributed by atoms with Gasteiger partial charge in [0.15, 0.2) is 11.5 Å². The molecule has 2 fully saturated rings. The van der Waals surface area contributed by atoms with E-state index >= 15 is 0 Å². The number of carbonyl (C=O) groups excluding carboxylic acids is 1. The summed E-state index contributed by atoms with van der Waals surface area (Å²) in [6.45, 7) is 1.05. The van der Waals surface area contributed by atoms with Crippen molar-refractivity contribution in [3.63, 3.8) is 0 Å². The smallest absolute Gasteiger partial charge is 0.321 e. The summed E-state index contributed by atoms with van der Waals surface area (Å²) in [6.07, 6.45) is 3.99. The molecule has 32 heavy (non-hydrogen) atoms. The third-order valence-electron chi connectivity index (χ3n) is 7.33. The van der Waals surface area contributed by atoms with Crippen LogP contribution in [-0.2, 0) is 5.41 Å². The van der Waals surface area contributed by atoms with Crippen LogP contribution in [0.3, 0.4) is 0 Å². The van der Waals surface area contributed by atoms with Gasteiger partial charge in [0, 0.05) is 35.3 Å². The number of hydrogen-bond donors (Lipinski definition) is 1. The minimum atomic E-state index is -0.0865. The normalized spacial score (nSPS) is 25.2. The Labute approximate surface area is 195 Å². The lowest BCUT2D eigenvalue weighted by atomic mass is 9.65. The Kier molecular flexibility index (Phi) is 6.54. The van der Waals surface area contributed by atoms with Crippen molar-refractivity contribution in [1.82, 2.24) is 10.2 Å². The van der Waals surface area contributed by atoms with Crippen LogP contribution in [0.15, 0.2) is 42.5 Å². The summed E-state index contributed by atoms with van der Waals surface area (Å²) >= 11 is 5.98. The Bertz CT molecular complexity index is 967. The molecule has 1 heterocycles. The maximum absolute atomic E-state index is 12.9. The van der Waals surface area contributed by atoms with Gasteiger partial charge in [-0.3, -0.25) is 4.90 Å². The quantitative estimate of drug-likeness (QED) is 0.707. The topological polar surface area (TPSA) is 54.0 Å². The number of halogens is 1. The molecule has 3 atom stereocenters. The number of methoxy groups -OCH3 is 2. The fraction of sp³-hybridized carbons (Fsp3) is 0.480. The van der Waals surface area contributed by atoms with Crippen molar-refractivity contribution < 1.29 is 14.3 Å². The van der Waals surface area contributed by atoms with Gasteiger partial charge in [-0.05, 0) is 81.2 Å². The molecule has 6 nitrogen and oxygen atoms in total. The maximum Gasteiger partial charge on any atom is 0.321 e. The van der Waals surface area contributed by atoms with E-state index in [0.717, 1.165) is 49.4 Å². The zero-order chi connectivity index (χ0) is 22.9. The van der Waals surface area contributed by atoms with Gasteiger partial charge in [0.1, 0.15) is 0 Å². The van der Waals surface area contributed by atoms with Crippen LogP contribution in [0.25, 0.3) is 0 Å². The maximum atomic E-state index is 12.9. The molecule has 1 N–H and O–H groups in total. The molecule has 0 bridgehead atoms. The number of hydrogen-bond acceptors (Lipinski definition) is 4. The van der Waals surface area contributed by atoms with Crippen molar-refractivity contribution in [3.05, 3.63) is 53.1 Å². The molecule has 1 aliphatic heterocycles. The highest BCUT2D eigenvalue weighted by molar-refractivity contribution is 6.30. The molecule has 7 heteroatoms. The van der Waals surface area contributed by atoms with Crippen molar-refractivity contribution in [2.75, 3.05) is 39.8 Å². The van der Waals surface area contributed by atoms with Crippen LogP contribution in [0.4, 0.5) is 10.5 Å². The van der Waals surface area contributed by atoms with Crippen LogP contribution >= 0.6 is 11.6 Å². The van der Waals surface area contributed by atoms with Crippen molar-refractivity contribution >= 4 is 23.3 Å². The molecule has 4 rings (SSSR count). The van der Waals surface area contributed by atoms with Crippen molar-refractivity contribution in [2.45, 2.75) is 43.2 Å². The SMILES string of the molecule is COc1ccc([C@@]23CC[C@@H](NC(=O)N(C)c4ccc(Cl)cc4)C[C@@H]2N(C)CC3)cc1OC. The Balaban J connectivity index is 1.50. The first-order valence-electron chi connectivity index (χ1n) is 11.1. The predicted molar refractivity (Wildman–Crippen MR) is 128 cm³/mol. The zero-order valence-corrected chi connectivity index (χ0v) is 20.0. The molecular weight excluding hydrogens is 426 g/mol. The second kappa shape index (κ2) is 9.20. The van der Waals surface area contributed by atoms with E-state index in [0.29, 0.717) is 11.1 Å². The van der Waals surface area contributed by atoms with E-state index in [-0.39, 0.29) is 17.5 Å². The third-order valence-corrected chi connectivity index (χ3v) is 7.58. The van der Waals surface area contributed by atoms with Crippen molar-refractivity contribution in [2.24, 2.45) is 0 Å². The van der Waals surface area contributed by atoms with Crippen LogP contribution in [0, 0.1) is 0 Å². The van der Waals surface area contributed by atoms with E-state index in [1.54, 1.807) is 38.3 Å². The van der Waals surface area contributed by atoms with Gasteiger partial charge in [0.05, 0.1) is 14.2 Å². The monoisotopic (exact) mass is 457 g/mol. The predicted octanol–water partition coefficient (Wildman–Crippen LogP) is 4.70. The molecule has 172 valence electrons. The summed E-state index contributed by atoms with van der Waals surface area (Å²) in [4.78, 5) is 17.0. The van der Waals surface area contributed by atoms with Crippen LogP contribution < -0.4 is 19.7 Å². The number of likely N-dealkylation sites (tertiary alicyclic amines) is 1. The van der Waals surface area contributed by atoms with Gasteiger partial charge < -0.3 is 19.7 Å². The molecule has 1 aliphatic carbocycles. The number of anilines is 1. The average Bonchev–Trinajstić information content (AvgIpc) is 3.15. The van der Waals surface area contributed by atoms with Gasteiger partial charge in [-0.2, -0.15) is 0 Å². The molecule has 2 amide bonds. The molecule has 0 spiro atoms. The van der Waals surface area contributed by atoms with Gasteiger partial charge in [0.25, 0.3) is 0 Å². The van der Waals surface area contributed by atoms with Crippen LogP contribution in [0.5, 0.6) is 11.5 Å². The lowest BCUT2D eigenvalue weighted by molar-refractivity contribution is 0.155. The summed E-state index contributed by atoms with van der Waals surface area (Å²) in [5.74, 6) is 1.52. The Morgan fingerprint density at radius 2 is 1.84 bits per heavy atom. The second-order valence-corrected chi connectivity index (χ2v) is 9.36. The van der Waals surface area contributed by atoms with E-state index in [2.05, 4.69) is 29.4 Å². The molecule has 2 aromatic rings. The lowest BCUT2D eigenvalue weighted by Gasteiger charge is -2.45. The molecule has 2 aliphatic rings. The standard InChI is InChI=1S/C25H32ClN3O3/c1-28-14-13-25(17-5-10-21(31-3)22(15-17)32-4)12-11-19(16-23(25)28)27-24(30)29(2)20-8-6-18(26)7-9-20/h5-10,15,19,23H,11-14,16H2,1-4H3,(H,27,30)/t19-,23+,25+/m1/s1.